The summed E-state index contributed by atoms with van der Waals surface area (Å²) in [6, 6.07) is 5.94. The van der Waals surface area contributed by atoms with Crippen molar-refractivity contribution in [2.45, 2.75) is 44.9 Å². The van der Waals surface area contributed by atoms with Crippen LogP contribution in [0.3, 0.4) is 0 Å². The second kappa shape index (κ2) is 6.49. The molecule has 2 aliphatic rings. The van der Waals surface area contributed by atoms with Crippen LogP contribution in [0.15, 0.2) is 18.2 Å². The lowest BCUT2D eigenvalue weighted by molar-refractivity contribution is -0.123. The molecule has 110 valence electrons. The summed E-state index contributed by atoms with van der Waals surface area (Å²) in [5.41, 5.74) is 9.10. The molecule has 1 fully saturated rings. The SMILES string of the molecule is Cl.Nc1cccc2c1CCCN2C(=O)C1CCCCC1. The van der Waals surface area contributed by atoms with Crippen LogP contribution in [0.2, 0.25) is 0 Å². The molecule has 1 saturated carbocycles. The summed E-state index contributed by atoms with van der Waals surface area (Å²) in [6.45, 7) is 0.853. The third kappa shape index (κ3) is 2.78. The second-order valence-electron chi connectivity index (χ2n) is 5.77. The molecule has 0 aromatic heterocycles. The number of rotatable bonds is 1. The number of carbonyl (C=O) groups is 1. The van der Waals surface area contributed by atoms with Crippen molar-refractivity contribution in [3.05, 3.63) is 23.8 Å². The van der Waals surface area contributed by atoms with Gasteiger partial charge in [-0.1, -0.05) is 25.3 Å². The van der Waals surface area contributed by atoms with E-state index in [1.165, 1.54) is 19.3 Å². The van der Waals surface area contributed by atoms with Crippen LogP contribution in [0.1, 0.15) is 44.1 Å². The molecule has 1 amide bonds. The Morgan fingerprint density at radius 1 is 1.15 bits per heavy atom. The Morgan fingerprint density at radius 3 is 2.65 bits per heavy atom. The Labute approximate surface area is 126 Å². The monoisotopic (exact) mass is 294 g/mol. The summed E-state index contributed by atoms with van der Waals surface area (Å²) in [5.74, 6) is 0.562. The van der Waals surface area contributed by atoms with Crippen molar-refractivity contribution in [3.8, 4) is 0 Å². The predicted octanol–water partition coefficient (Wildman–Crippen LogP) is 3.55. The van der Waals surface area contributed by atoms with Gasteiger partial charge in [0, 0.05) is 23.8 Å². The zero-order valence-corrected chi connectivity index (χ0v) is 12.6. The average molecular weight is 295 g/mol. The molecule has 0 saturated heterocycles. The average Bonchev–Trinajstić information content (AvgIpc) is 2.47. The van der Waals surface area contributed by atoms with E-state index in [0.717, 1.165) is 49.2 Å². The van der Waals surface area contributed by atoms with Gasteiger partial charge >= 0.3 is 0 Å². The van der Waals surface area contributed by atoms with Crippen molar-refractivity contribution in [3.63, 3.8) is 0 Å². The van der Waals surface area contributed by atoms with Crippen LogP contribution in [0, 0.1) is 5.92 Å². The van der Waals surface area contributed by atoms with E-state index in [-0.39, 0.29) is 18.3 Å². The van der Waals surface area contributed by atoms with Gasteiger partial charge in [0.15, 0.2) is 0 Å². The van der Waals surface area contributed by atoms with E-state index in [1.807, 2.05) is 23.1 Å². The zero-order chi connectivity index (χ0) is 13.2. The van der Waals surface area contributed by atoms with Crippen molar-refractivity contribution >= 4 is 29.7 Å². The van der Waals surface area contributed by atoms with Gasteiger partial charge in [0.2, 0.25) is 5.91 Å². The minimum Gasteiger partial charge on any atom is -0.398 e. The molecule has 0 atom stereocenters. The van der Waals surface area contributed by atoms with E-state index < -0.39 is 0 Å². The van der Waals surface area contributed by atoms with Gasteiger partial charge < -0.3 is 10.6 Å². The highest BCUT2D eigenvalue weighted by Crippen LogP contribution is 2.34. The van der Waals surface area contributed by atoms with Crippen LogP contribution >= 0.6 is 12.4 Å². The molecule has 0 unspecified atom stereocenters. The molecule has 1 aliphatic carbocycles. The Kier molecular flexibility index (Phi) is 4.92. The molecule has 1 aromatic rings. The van der Waals surface area contributed by atoms with E-state index in [0.29, 0.717) is 5.91 Å². The molecule has 1 aromatic carbocycles. The predicted molar refractivity (Wildman–Crippen MR) is 85.4 cm³/mol. The lowest BCUT2D eigenvalue weighted by atomic mass is 9.87. The first-order chi connectivity index (χ1) is 9.27. The van der Waals surface area contributed by atoms with Crippen molar-refractivity contribution in [2.24, 2.45) is 5.92 Å². The van der Waals surface area contributed by atoms with Gasteiger partial charge in [0.05, 0.1) is 0 Å². The number of benzene rings is 1. The van der Waals surface area contributed by atoms with Gasteiger partial charge in [0.25, 0.3) is 0 Å². The molecule has 3 nitrogen and oxygen atoms in total. The Morgan fingerprint density at radius 2 is 1.90 bits per heavy atom. The number of fused-ring (bicyclic) bond motifs is 1. The van der Waals surface area contributed by atoms with E-state index in [2.05, 4.69) is 0 Å². The van der Waals surface area contributed by atoms with Crippen molar-refractivity contribution in [2.75, 3.05) is 17.2 Å². The number of nitrogens with zero attached hydrogens (tertiary/aromatic N) is 1. The fraction of sp³-hybridized carbons (Fsp3) is 0.562. The van der Waals surface area contributed by atoms with Crippen molar-refractivity contribution < 1.29 is 4.79 Å². The normalized spacial score (nSPS) is 19.1. The quantitative estimate of drug-likeness (QED) is 0.805. The largest absolute Gasteiger partial charge is 0.398 e. The smallest absolute Gasteiger partial charge is 0.230 e. The summed E-state index contributed by atoms with van der Waals surface area (Å²) in [5, 5.41) is 0. The topological polar surface area (TPSA) is 46.3 Å². The number of hydrogen-bond acceptors (Lipinski definition) is 2. The first kappa shape index (κ1) is 15.2. The fourth-order valence-electron chi connectivity index (χ4n) is 3.45. The number of hydrogen-bond donors (Lipinski definition) is 1. The molecule has 20 heavy (non-hydrogen) atoms. The lowest BCUT2D eigenvalue weighted by Gasteiger charge is -2.34. The highest BCUT2D eigenvalue weighted by molar-refractivity contribution is 5.97. The van der Waals surface area contributed by atoms with E-state index in [1.54, 1.807) is 0 Å². The highest BCUT2D eigenvalue weighted by atomic mass is 35.5. The van der Waals surface area contributed by atoms with Gasteiger partial charge in [-0.15, -0.1) is 12.4 Å². The first-order valence-electron chi connectivity index (χ1n) is 7.46. The van der Waals surface area contributed by atoms with Crippen LogP contribution < -0.4 is 10.6 Å². The van der Waals surface area contributed by atoms with Gasteiger partial charge in [-0.25, -0.2) is 0 Å². The number of halogens is 1. The maximum atomic E-state index is 12.7. The zero-order valence-electron chi connectivity index (χ0n) is 11.8. The maximum Gasteiger partial charge on any atom is 0.230 e. The minimum atomic E-state index is 0. The molecule has 3 rings (SSSR count). The second-order valence-corrected chi connectivity index (χ2v) is 5.77. The molecular formula is C16H23ClN2O. The van der Waals surface area contributed by atoms with Gasteiger partial charge in [0.1, 0.15) is 0 Å². The molecule has 0 radical (unpaired) electrons. The van der Waals surface area contributed by atoms with Crippen LogP contribution in [-0.4, -0.2) is 12.5 Å². The lowest BCUT2D eigenvalue weighted by Crippen LogP contribution is -2.40. The minimum absolute atomic E-state index is 0. The van der Waals surface area contributed by atoms with Crippen LogP contribution in [0.4, 0.5) is 11.4 Å². The third-order valence-electron chi connectivity index (χ3n) is 4.51. The van der Waals surface area contributed by atoms with Gasteiger partial charge in [-0.2, -0.15) is 0 Å². The first-order valence-corrected chi connectivity index (χ1v) is 7.46. The molecule has 1 heterocycles. The summed E-state index contributed by atoms with van der Waals surface area (Å²) in [7, 11) is 0. The van der Waals surface area contributed by atoms with Gasteiger partial charge in [-0.3, -0.25) is 4.79 Å². The maximum absolute atomic E-state index is 12.7. The number of amides is 1. The molecule has 2 N–H and O–H groups in total. The van der Waals surface area contributed by atoms with E-state index in [4.69, 9.17) is 5.73 Å². The van der Waals surface area contributed by atoms with Crippen molar-refractivity contribution in [1.29, 1.82) is 0 Å². The van der Waals surface area contributed by atoms with Crippen LogP contribution in [0.5, 0.6) is 0 Å². The van der Waals surface area contributed by atoms with Crippen LogP contribution in [-0.2, 0) is 11.2 Å². The number of carbonyl (C=O) groups excluding carboxylic acids is 1. The molecule has 0 bridgehead atoms. The highest BCUT2D eigenvalue weighted by Gasteiger charge is 2.29. The Balaban J connectivity index is 0.00000147. The number of anilines is 2. The van der Waals surface area contributed by atoms with Crippen LogP contribution in [0.25, 0.3) is 0 Å². The Bertz CT molecular complexity index is 483. The van der Waals surface area contributed by atoms with Gasteiger partial charge in [-0.05, 0) is 43.4 Å². The number of nitrogen functional groups attached to an aromatic ring is 1. The van der Waals surface area contributed by atoms with E-state index in [9.17, 15) is 4.79 Å². The summed E-state index contributed by atoms with van der Waals surface area (Å²) in [4.78, 5) is 14.7. The molecule has 1 aliphatic heterocycles. The van der Waals surface area contributed by atoms with E-state index >= 15 is 0 Å². The van der Waals surface area contributed by atoms with Crippen molar-refractivity contribution in [1.82, 2.24) is 0 Å². The summed E-state index contributed by atoms with van der Waals surface area (Å²) < 4.78 is 0. The summed E-state index contributed by atoms with van der Waals surface area (Å²) in [6.07, 6.45) is 7.84. The number of nitrogens with two attached hydrogens (primary N) is 1. The molecule has 0 spiro atoms. The standard InChI is InChI=1S/C16H22N2O.ClH/c17-14-9-4-10-15-13(14)8-5-11-18(15)16(19)12-6-2-1-3-7-12;/h4,9-10,12H,1-3,5-8,11,17H2;1H. The fourth-order valence-corrected chi connectivity index (χ4v) is 3.45. The summed E-state index contributed by atoms with van der Waals surface area (Å²) >= 11 is 0. The Hall–Kier alpha value is -1.22. The molecular weight excluding hydrogens is 272 g/mol. The molecule has 4 heteroatoms. The third-order valence-corrected chi connectivity index (χ3v) is 4.51.